The van der Waals surface area contributed by atoms with Crippen LogP contribution in [0.2, 0.25) is 0 Å². The third kappa shape index (κ3) is 13.8. The van der Waals surface area contributed by atoms with E-state index in [0.717, 1.165) is 38.5 Å². The van der Waals surface area contributed by atoms with Crippen LogP contribution in [0.25, 0.3) is 10.2 Å². The molecule has 6 aromatic rings. The van der Waals surface area contributed by atoms with Gasteiger partial charge in [-0.05, 0) is 91.8 Å². The van der Waals surface area contributed by atoms with E-state index in [1.165, 1.54) is 28.7 Å². The number of hydrogen-bond acceptors (Lipinski definition) is 18. The number of carboxylic acids is 1. The maximum absolute atomic E-state index is 15.2. The van der Waals surface area contributed by atoms with E-state index in [2.05, 4.69) is 47.6 Å². The highest BCUT2D eigenvalue weighted by Crippen LogP contribution is 2.35. The number of nitrogens with zero attached hydrogens (tertiary/aromatic N) is 7. The van der Waals surface area contributed by atoms with Crippen molar-refractivity contribution in [2.75, 3.05) is 101 Å². The first-order valence-electron chi connectivity index (χ1n) is 28.2. The molecule has 24 heteroatoms. The molecule has 2 saturated heterocycles. The fourth-order valence-electron chi connectivity index (χ4n) is 10.7. The SMILES string of the molecule is O=C1CCC(N2C(=O)c3cccc(NCCOCCOCC4=CN4CCCC(=O)N4CCN(CC#Cc5ccc(OCCCc6sc(N7CCc8cccc(C(=O)Nc9nc%10ccccc%10s9)c8C7)nc6C(=O)O)c(F)c5)CC4)c3C2=O)C(=O)N1. The minimum atomic E-state index is -1.13. The molecule has 2 fully saturated rings. The van der Waals surface area contributed by atoms with Gasteiger partial charge in [-0.15, -0.1) is 11.3 Å². The van der Waals surface area contributed by atoms with Crippen molar-refractivity contribution in [3.8, 4) is 17.6 Å². The molecule has 1 unspecified atom stereocenters. The molecule has 2 aromatic heterocycles. The first-order valence-corrected chi connectivity index (χ1v) is 29.9. The number of carbonyl (C=O) groups excluding carboxylic acids is 6. The Morgan fingerprint density at radius 3 is 2.52 bits per heavy atom. The summed E-state index contributed by atoms with van der Waals surface area (Å²) in [5.74, 6) is 2.20. The van der Waals surface area contributed by atoms with Crippen molar-refractivity contribution in [3.63, 3.8) is 0 Å². The van der Waals surface area contributed by atoms with Crippen LogP contribution in [0.3, 0.4) is 0 Å². The standard InChI is InChI=1S/C61H61FN10O11S2/c62-44-34-38(17-19-48(44)83-30-7-15-50-54(59(79)80)66-61(85-50)71-25-21-39-9-3-10-41(43(39)36-71)55(75)67-60-64-45-12-1-2-14-49(45)84-60)8-5-23-68-26-28-69(29-27-68)52(74)16-6-24-70-35-40(70)37-82-33-32-81-31-22-63-46-13-4-11-42-53(46)58(78)72(57(42)77)47-18-20-51(73)65-56(47)76/h1-4,9-14,17,19,34-35,47,63H,6-7,15-16,18,20-33,36-37H2,(H,79,80)(H,64,67,75)(H,65,73,76). The molecule has 0 saturated carbocycles. The molecule has 6 amide bonds. The average molecular weight is 1190 g/mol. The van der Waals surface area contributed by atoms with E-state index >= 15 is 4.39 Å². The zero-order valence-electron chi connectivity index (χ0n) is 46.4. The molecule has 4 N–H and O–H groups in total. The number of nitrogens with one attached hydrogen (secondary N) is 3. The number of benzene rings is 4. The lowest BCUT2D eigenvalue weighted by molar-refractivity contribution is -0.136. The second kappa shape index (κ2) is 26.5. The van der Waals surface area contributed by atoms with Gasteiger partial charge in [0.1, 0.15) is 6.04 Å². The number of ether oxygens (including phenoxy) is 3. The molecular formula is C61H61FN10O11S2. The highest BCUT2D eigenvalue weighted by molar-refractivity contribution is 7.22. The van der Waals surface area contributed by atoms with Crippen molar-refractivity contribution in [2.45, 2.75) is 57.5 Å². The Kier molecular flexibility index (Phi) is 18.2. The number of amides is 6. The molecule has 11 rings (SSSR count). The summed E-state index contributed by atoms with van der Waals surface area (Å²) in [5, 5.41) is 19.5. The number of hydrogen-bond donors (Lipinski definition) is 4. The van der Waals surface area contributed by atoms with Gasteiger partial charge in [-0.2, -0.15) is 0 Å². The molecule has 5 aliphatic rings. The Balaban J connectivity index is 0.536. The molecule has 1 atom stereocenters. The van der Waals surface area contributed by atoms with Crippen molar-refractivity contribution in [1.29, 1.82) is 0 Å². The summed E-state index contributed by atoms with van der Waals surface area (Å²) in [6.07, 6.45) is 4.73. The summed E-state index contributed by atoms with van der Waals surface area (Å²) in [5.41, 5.74) is 5.65. The fourth-order valence-corrected chi connectivity index (χ4v) is 12.7. The number of piperazine rings is 1. The summed E-state index contributed by atoms with van der Waals surface area (Å²) in [4.78, 5) is 108. The maximum atomic E-state index is 15.2. The van der Waals surface area contributed by atoms with Crippen molar-refractivity contribution < 1.29 is 57.3 Å². The van der Waals surface area contributed by atoms with E-state index in [9.17, 15) is 38.7 Å². The molecule has 0 bridgehead atoms. The summed E-state index contributed by atoms with van der Waals surface area (Å²) >= 11 is 2.71. The van der Waals surface area contributed by atoms with E-state index < -0.39 is 41.5 Å². The van der Waals surface area contributed by atoms with E-state index in [1.807, 2.05) is 52.4 Å². The van der Waals surface area contributed by atoms with E-state index in [1.54, 1.807) is 36.4 Å². The minimum Gasteiger partial charge on any atom is -0.491 e. The van der Waals surface area contributed by atoms with Crippen LogP contribution in [-0.2, 0) is 43.2 Å². The topological polar surface area (TPSA) is 245 Å². The number of carboxylic acid groups (broad SMARTS) is 1. The molecule has 5 aliphatic heterocycles. The lowest BCUT2D eigenvalue weighted by Gasteiger charge is -2.33. The first-order chi connectivity index (χ1) is 41.3. The van der Waals surface area contributed by atoms with Crippen molar-refractivity contribution in [3.05, 3.63) is 141 Å². The molecule has 21 nitrogen and oxygen atoms in total. The molecular weight excluding hydrogens is 1130 g/mol. The van der Waals surface area contributed by atoms with Crippen molar-refractivity contribution in [1.82, 2.24) is 34.9 Å². The minimum absolute atomic E-state index is 0.0278. The molecule has 0 radical (unpaired) electrons. The zero-order chi connectivity index (χ0) is 59.0. The number of thiazole rings is 2. The largest absolute Gasteiger partial charge is 0.491 e. The second-order valence-corrected chi connectivity index (χ2v) is 23.0. The molecule has 85 heavy (non-hydrogen) atoms. The summed E-state index contributed by atoms with van der Waals surface area (Å²) in [6, 6.07) is 21.8. The van der Waals surface area contributed by atoms with Crippen molar-refractivity contribution in [2.24, 2.45) is 0 Å². The van der Waals surface area contributed by atoms with Gasteiger partial charge in [-0.25, -0.2) is 19.2 Å². The number of imide groups is 2. The molecule has 0 spiro atoms. The summed E-state index contributed by atoms with van der Waals surface area (Å²) in [6.45, 7) is 6.73. The Labute approximate surface area is 496 Å². The van der Waals surface area contributed by atoms with Gasteiger partial charge in [0.2, 0.25) is 17.7 Å². The molecule has 0 aliphatic carbocycles. The van der Waals surface area contributed by atoms with Gasteiger partial charge < -0.3 is 39.3 Å². The van der Waals surface area contributed by atoms with Crippen LogP contribution in [-0.4, -0.2) is 168 Å². The van der Waals surface area contributed by atoms with E-state index in [4.69, 9.17) is 14.2 Å². The zero-order valence-corrected chi connectivity index (χ0v) is 48.0. The predicted molar refractivity (Wildman–Crippen MR) is 315 cm³/mol. The van der Waals surface area contributed by atoms with Gasteiger partial charge in [0.05, 0.1) is 66.6 Å². The van der Waals surface area contributed by atoms with Crippen LogP contribution in [0.5, 0.6) is 5.75 Å². The monoisotopic (exact) mass is 1190 g/mol. The van der Waals surface area contributed by atoms with Crippen LogP contribution in [0, 0.1) is 17.7 Å². The maximum Gasteiger partial charge on any atom is 0.355 e. The highest BCUT2D eigenvalue weighted by Gasteiger charge is 2.45. The lowest BCUT2D eigenvalue weighted by atomic mass is 9.94. The quantitative estimate of drug-likeness (QED) is 0.0291. The van der Waals surface area contributed by atoms with Crippen LogP contribution in [0.4, 0.5) is 20.3 Å². The fraction of sp³-hybridized carbons (Fsp3) is 0.361. The smallest absolute Gasteiger partial charge is 0.355 e. The number of carbonyl (C=O) groups is 7. The number of rotatable bonds is 24. The Morgan fingerprint density at radius 1 is 0.859 bits per heavy atom. The van der Waals surface area contributed by atoms with Crippen LogP contribution < -0.4 is 25.6 Å². The Bertz CT molecular complexity index is 3650. The average Bonchev–Trinajstić information content (AvgIpc) is 2.13. The van der Waals surface area contributed by atoms with Gasteiger partial charge in [-0.3, -0.25) is 49.2 Å². The van der Waals surface area contributed by atoms with Gasteiger partial charge >= 0.3 is 5.97 Å². The first kappa shape index (κ1) is 58.2. The Hall–Kier alpha value is -8.60. The number of aryl methyl sites for hydroxylation is 1. The molecule has 440 valence electrons. The normalized spacial score (nSPS) is 16.6. The van der Waals surface area contributed by atoms with E-state index in [-0.39, 0.29) is 53.8 Å². The number of aromatic nitrogens is 2. The van der Waals surface area contributed by atoms with Crippen LogP contribution in [0.1, 0.15) is 95.2 Å². The summed E-state index contributed by atoms with van der Waals surface area (Å²) < 4.78 is 33.4. The third-order valence-corrected chi connectivity index (χ3v) is 17.4. The van der Waals surface area contributed by atoms with Crippen molar-refractivity contribution >= 4 is 90.3 Å². The molecule has 7 heterocycles. The van der Waals surface area contributed by atoms with E-state index in [0.29, 0.717) is 143 Å². The number of halogens is 1. The highest BCUT2D eigenvalue weighted by atomic mass is 32.1. The van der Waals surface area contributed by atoms with Gasteiger partial charge in [0.25, 0.3) is 17.7 Å². The van der Waals surface area contributed by atoms with Gasteiger partial charge in [-0.1, -0.05) is 53.5 Å². The molecule has 4 aromatic carbocycles. The number of para-hydroxylation sites is 1. The Morgan fingerprint density at radius 2 is 1.69 bits per heavy atom. The predicted octanol–water partition coefficient (Wildman–Crippen LogP) is 6.40. The second-order valence-electron chi connectivity index (χ2n) is 20.9. The van der Waals surface area contributed by atoms with Gasteiger partial charge in [0.15, 0.2) is 27.5 Å². The summed E-state index contributed by atoms with van der Waals surface area (Å²) in [7, 11) is 0. The number of fused-ring (bicyclic) bond motifs is 3. The third-order valence-electron chi connectivity index (χ3n) is 15.2. The van der Waals surface area contributed by atoms with Gasteiger partial charge in [0, 0.05) is 93.1 Å². The number of anilines is 3. The lowest BCUT2D eigenvalue weighted by Crippen LogP contribution is -2.54. The van der Waals surface area contributed by atoms with Crippen LogP contribution >= 0.6 is 22.7 Å². The number of piperidine rings is 1. The van der Waals surface area contributed by atoms with Crippen LogP contribution in [0.15, 0.2) is 90.8 Å². The number of aromatic carboxylic acids is 1.